The summed E-state index contributed by atoms with van der Waals surface area (Å²) in [4.78, 5) is 23.0. The van der Waals surface area contributed by atoms with Crippen molar-refractivity contribution in [2.45, 2.75) is 6.54 Å². The largest absolute Gasteiger partial charge is 0.383 e. The minimum atomic E-state index is -0.484. The van der Waals surface area contributed by atoms with Crippen LogP contribution in [0.2, 0.25) is 0 Å². The number of benzene rings is 2. The van der Waals surface area contributed by atoms with Gasteiger partial charge in [-0.25, -0.2) is 0 Å². The molecule has 0 fully saturated rings. The van der Waals surface area contributed by atoms with Crippen molar-refractivity contribution in [3.8, 4) is 5.69 Å². The Kier molecular flexibility index (Phi) is 5.10. The summed E-state index contributed by atoms with van der Waals surface area (Å²) >= 11 is 6.41. The fraction of sp³-hybridized carbons (Fsp3) is 0.0588. The van der Waals surface area contributed by atoms with Crippen molar-refractivity contribution in [2.75, 3.05) is 5.73 Å². The van der Waals surface area contributed by atoms with Gasteiger partial charge >= 0.3 is 0 Å². The van der Waals surface area contributed by atoms with E-state index in [1.807, 2.05) is 30.3 Å². The first-order valence-electron chi connectivity index (χ1n) is 7.55. The number of nitrogen functional groups attached to an aromatic ring is 1. The maximum atomic E-state index is 12.4. The highest BCUT2D eigenvalue weighted by Gasteiger charge is 2.18. The summed E-state index contributed by atoms with van der Waals surface area (Å²) in [6, 6.07) is 15.3. The van der Waals surface area contributed by atoms with Crippen LogP contribution >= 0.6 is 23.6 Å². The normalized spacial score (nSPS) is 10.5. The molecule has 0 saturated carbocycles. The third kappa shape index (κ3) is 3.63. The number of hydrogen-bond acceptors (Lipinski definition) is 6. The van der Waals surface area contributed by atoms with E-state index in [1.165, 1.54) is 16.7 Å². The molecule has 0 atom stereocenters. The summed E-state index contributed by atoms with van der Waals surface area (Å²) in [7, 11) is 0. The van der Waals surface area contributed by atoms with Crippen molar-refractivity contribution in [3.05, 3.63) is 79.1 Å². The summed E-state index contributed by atoms with van der Waals surface area (Å²) in [6.07, 6.45) is 0. The number of non-ortho nitro benzene ring substituents is 1. The van der Waals surface area contributed by atoms with Crippen LogP contribution < -0.4 is 11.1 Å². The van der Waals surface area contributed by atoms with Crippen molar-refractivity contribution >= 4 is 41.0 Å². The summed E-state index contributed by atoms with van der Waals surface area (Å²) in [5.41, 5.74) is 7.62. The first-order valence-corrected chi connectivity index (χ1v) is 8.78. The Labute approximate surface area is 157 Å². The molecular weight excluding hydrogens is 372 g/mol. The molecule has 0 aliphatic heterocycles. The Morgan fingerprint density at radius 1 is 1.19 bits per heavy atom. The van der Waals surface area contributed by atoms with Gasteiger partial charge in [-0.1, -0.05) is 41.7 Å². The van der Waals surface area contributed by atoms with Gasteiger partial charge in [0.15, 0.2) is 3.95 Å². The molecule has 3 N–H and O–H groups in total. The van der Waals surface area contributed by atoms with Gasteiger partial charge in [0.25, 0.3) is 11.6 Å². The van der Waals surface area contributed by atoms with E-state index < -0.39 is 4.92 Å². The molecule has 0 saturated heterocycles. The number of carbonyl (C=O) groups excluding carboxylic acids is 1. The summed E-state index contributed by atoms with van der Waals surface area (Å²) in [5.74, 6) is -0.109. The number of nitrogens with one attached hydrogen (secondary N) is 1. The first kappa shape index (κ1) is 17.8. The van der Waals surface area contributed by atoms with Gasteiger partial charge in [0.1, 0.15) is 10.7 Å². The average Bonchev–Trinajstić information content (AvgIpc) is 2.95. The lowest BCUT2D eigenvalue weighted by molar-refractivity contribution is -0.384. The second-order valence-electron chi connectivity index (χ2n) is 5.36. The number of nitrogens with two attached hydrogens (primary N) is 1. The van der Waals surface area contributed by atoms with E-state index >= 15 is 0 Å². The van der Waals surface area contributed by atoms with Gasteiger partial charge in [0, 0.05) is 24.4 Å². The maximum absolute atomic E-state index is 12.4. The van der Waals surface area contributed by atoms with Crippen molar-refractivity contribution in [1.29, 1.82) is 0 Å². The number of amides is 1. The number of thiazole rings is 1. The summed E-state index contributed by atoms with van der Waals surface area (Å²) in [5, 5.41) is 13.6. The number of nitro groups is 1. The molecule has 3 aromatic rings. The highest BCUT2D eigenvalue weighted by Crippen LogP contribution is 2.27. The molecular formula is C17H14N4O3S2. The van der Waals surface area contributed by atoms with E-state index in [0.29, 0.717) is 21.1 Å². The number of nitrogens with zero attached hydrogens (tertiary/aromatic N) is 2. The fourth-order valence-electron chi connectivity index (χ4n) is 2.37. The lowest BCUT2D eigenvalue weighted by atomic mass is 10.2. The first-order chi connectivity index (χ1) is 12.5. The van der Waals surface area contributed by atoms with Crippen LogP contribution in [0.5, 0.6) is 0 Å². The second-order valence-corrected chi connectivity index (χ2v) is 7.00. The van der Waals surface area contributed by atoms with Crippen LogP contribution in [0.3, 0.4) is 0 Å². The number of hydrogen-bond donors (Lipinski definition) is 2. The van der Waals surface area contributed by atoms with Crippen LogP contribution in [-0.2, 0) is 6.54 Å². The predicted octanol–water partition coefficient (Wildman–Crippen LogP) is 3.69. The van der Waals surface area contributed by atoms with Crippen molar-refractivity contribution in [2.24, 2.45) is 0 Å². The van der Waals surface area contributed by atoms with E-state index in [9.17, 15) is 14.9 Å². The van der Waals surface area contributed by atoms with Gasteiger partial charge < -0.3 is 11.1 Å². The minimum absolute atomic E-state index is 0.0325. The zero-order chi connectivity index (χ0) is 18.7. The van der Waals surface area contributed by atoms with Gasteiger partial charge in [0.2, 0.25) is 0 Å². The maximum Gasteiger partial charge on any atom is 0.269 e. The minimum Gasteiger partial charge on any atom is -0.383 e. The number of rotatable bonds is 5. The van der Waals surface area contributed by atoms with Crippen molar-refractivity contribution in [1.82, 2.24) is 9.88 Å². The third-order valence-electron chi connectivity index (χ3n) is 3.67. The topological polar surface area (TPSA) is 103 Å². The van der Waals surface area contributed by atoms with Crippen molar-refractivity contribution < 1.29 is 9.72 Å². The molecule has 9 heteroatoms. The lowest BCUT2D eigenvalue weighted by Gasteiger charge is -2.07. The smallest absolute Gasteiger partial charge is 0.269 e. The fourth-order valence-corrected chi connectivity index (χ4v) is 3.66. The van der Waals surface area contributed by atoms with E-state index in [2.05, 4.69) is 5.32 Å². The van der Waals surface area contributed by atoms with Gasteiger partial charge in [0.05, 0.1) is 4.92 Å². The third-order valence-corrected chi connectivity index (χ3v) is 5.05. The molecule has 0 bridgehead atoms. The van der Waals surface area contributed by atoms with Crippen LogP contribution in [0.4, 0.5) is 11.5 Å². The van der Waals surface area contributed by atoms with Gasteiger partial charge in [-0.15, -0.1) is 0 Å². The van der Waals surface area contributed by atoms with Crippen LogP contribution in [0, 0.1) is 14.1 Å². The molecule has 132 valence electrons. The van der Waals surface area contributed by atoms with E-state index in [4.69, 9.17) is 18.0 Å². The number of carbonyl (C=O) groups is 1. The van der Waals surface area contributed by atoms with Crippen LogP contribution in [0.15, 0.2) is 54.6 Å². The number of anilines is 1. The van der Waals surface area contributed by atoms with Gasteiger partial charge in [-0.3, -0.25) is 19.5 Å². The Hall–Kier alpha value is -3.04. The van der Waals surface area contributed by atoms with Crippen LogP contribution in [0.1, 0.15) is 15.2 Å². The molecule has 7 nitrogen and oxygen atoms in total. The van der Waals surface area contributed by atoms with Crippen molar-refractivity contribution in [3.63, 3.8) is 0 Å². The van der Waals surface area contributed by atoms with E-state index in [-0.39, 0.29) is 17.4 Å². The molecule has 0 radical (unpaired) electrons. The molecule has 2 aromatic carbocycles. The number of aromatic nitrogens is 1. The summed E-state index contributed by atoms with van der Waals surface area (Å²) in [6.45, 7) is 0.376. The SMILES string of the molecule is Nc1c(C(=O)NCc2ccccc2)sc(=S)n1-c1ccc([N+](=O)[O-])cc1. The van der Waals surface area contributed by atoms with Crippen LogP contribution in [-0.4, -0.2) is 15.4 Å². The Morgan fingerprint density at radius 3 is 2.46 bits per heavy atom. The van der Waals surface area contributed by atoms with E-state index in [1.54, 1.807) is 12.1 Å². The molecule has 0 spiro atoms. The van der Waals surface area contributed by atoms with E-state index in [0.717, 1.165) is 16.9 Å². The monoisotopic (exact) mass is 386 g/mol. The second kappa shape index (κ2) is 7.46. The Morgan fingerprint density at radius 2 is 1.85 bits per heavy atom. The predicted molar refractivity (Wildman–Crippen MR) is 103 cm³/mol. The average molecular weight is 386 g/mol. The zero-order valence-electron chi connectivity index (χ0n) is 13.4. The van der Waals surface area contributed by atoms with Crippen LogP contribution in [0.25, 0.3) is 5.69 Å². The molecule has 0 unspecified atom stereocenters. The molecule has 1 amide bonds. The molecule has 0 aliphatic carbocycles. The van der Waals surface area contributed by atoms with Gasteiger partial charge in [-0.05, 0) is 29.9 Å². The molecule has 26 heavy (non-hydrogen) atoms. The molecule has 1 aromatic heterocycles. The standard InChI is InChI=1S/C17H14N4O3S2/c18-15-14(16(22)19-10-11-4-2-1-3-5-11)26-17(25)20(15)12-6-8-13(9-7-12)21(23)24/h1-9H,10,18H2,(H,19,22). The lowest BCUT2D eigenvalue weighted by Crippen LogP contribution is -2.23. The number of nitro benzene ring substituents is 1. The Balaban J connectivity index is 1.84. The highest BCUT2D eigenvalue weighted by atomic mass is 32.1. The molecule has 1 heterocycles. The molecule has 0 aliphatic rings. The quantitative estimate of drug-likeness (QED) is 0.395. The summed E-state index contributed by atoms with van der Waals surface area (Å²) < 4.78 is 1.92. The molecule has 3 rings (SSSR count). The zero-order valence-corrected chi connectivity index (χ0v) is 15.0. The Bertz CT molecular complexity index is 1010. The highest BCUT2D eigenvalue weighted by molar-refractivity contribution is 7.73. The van der Waals surface area contributed by atoms with Gasteiger partial charge in [-0.2, -0.15) is 0 Å².